The van der Waals surface area contributed by atoms with Gasteiger partial charge in [0.1, 0.15) is 0 Å². The third-order valence-corrected chi connectivity index (χ3v) is 2.88. The predicted octanol–water partition coefficient (Wildman–Crippen LogP) is -0.795. The Morgan fingerprint density at radius 2 is 1.36 bits per heavy atom. The SMILES string of the molecule is CN[C@H](C)[C@H](O)c1ccccc1.O=C(O)C(O)C(O)C(=O)O. The molecule has 0 saturated heterocycles. The number of aliphatic hydroxyl groups excluding tert-OH is 3. The maximum absolute atomic E-state index is 9.77. The van der Waals surface area contributed by atoms with Gasteiger partial charge in [0.15, 0.2) is 12.2 Å². The van der Waals surface area contributed by atoms with Gasteiger partial charge in [0.25, 0.3) is 0 Å². The van der Waals surface area contributed by atoms with Crippen LogP contribution in [0.2, 0.25) is 0 Å². The smallest absolute Gasteiger partial charge is 0.335 e. The second-order valence-corrected chi connectivity index (χ2v) is 4.50. The number of aliphatic hydroxyl groups is 3. The Kier molecular flexibility index (Phi) is 8.95. The summed E-state index contributed by atoms with van der Waals surface area (Å²) in [5, 5.41) is 45.3. The summed E-state index contributed by atoms with van der Waals surface area (Å²) in [7, 11) is 1.84. The summed E-state index contributed by atoms with van der Waals surface area (Å²) in [6.07, 6.45) is -4.95. The topological polar surface area (TPSA) is 147 Å². The van der Waals surface area contributed by atoms with Crippen LogP contribution in [-0.2, 0) is 9.59 Å². The van der Waals surface area contributed by atoms with Gasteiger partial charge < -0.3 is 30.8 Å². The van der Waals surface area contributed by atoms with Crippen LogP contribution in [0.15, 0.2) is 30.3 Å². The van der Waals surface area contributed by atoms with Crippen molar-refractivity contribution in [2.24, 2.45) is 0 Å². The number of benzene rings is 1. The average Bonchev–Trinajstić information content (AvgIpc) is 2.53. The lowest BCUT2D eigenvalue weighted by Crippen LogP contribution is -2.39. The Balaban J connectivity index is 0.000000409. The molecule has 8 nitrogen and oxygen atoms in total. The van der Waals surface area contributed by atoms with Crippen LogP contribution < -0.4 is 5.32 Å². The van der Waals surface area contributed by atoms with E-state index < -0.39 is 30.3 Å². The van der Waals surface area contributed by atoms with Gasteiger partial charge >= 0.3 is 11.9 Å². The molecular weight excluding hydrogens is 294 g/mol. The molecule has 0 aliphatic rings. The molecule has 22 heavy (non-hydrogen) atoms. The van der Waals surface area contributed by atoms with Crippen molar-refractivity contribution in [2.75, 3.05) is 7.05 Å². The highest BCUT2D eigenvalue weighted by Gasteiger charge is 2.29. The van der Waals surface area contributed by atoms with E-state index in [0.717, 1.165) is 5.56 Å². The van der Waals surface area contributed by atoms with Gasteiger partial charge in [0.2, 0.25) is 0 Å². The molecule has 0 saturated carbocycles. The first kappa shape index (κ1) is 20.0. The molecule has 0 heterocycles. The van der Waals surface area contributed by atoms with E-state index in [1.807, 2.05) is 44.3 Å². The van der Waals surface area contributed by atoms with Gasteiger partial charge in [-0.1, -0.05) is 30.3 Å². The molecule has 0 fully saturated rings. The van der Waals surface area contributed by atoms with Crippen molar-refractivity contribution in [1.82, 2.24) is 5.32 Å². The van der Waals surface area contributed by atoms with Gasteiger partial charge in [-0.15, -0.1) is 0 Å². The number of carbonyl (C=O) groups is 2. The fourth-order valence-corrected chi connectivity index (χ4v) is 1.37. The minimum Gasteiger partial charge on any atom is -0.479 e. The number of aliphatic carboxylic acids is 2. The average molecular weight is 315 g/mol. The summed E-state index contributed by atoms with van der Waals surface area (Å²) < 4.78 is 0. The zero-order valence-electron chi connectivity index (χ0n) is 12.2. The Bertz CT molecular complexity index is 448. The van der Waals surface area contributed by atoms with Crippen LogP contribution in [0, 0.1) is 0 Å². The Hall–Kier alpha value is -2.00. The Morgan fingerprint density at radius 3 is 1.68 bits per heavy atom. The van der Waals surface area contributed by atoms with Gasteiger partial charge in [-0.3, -0.25) is 0 Å². The third kappa shape index (κ3) is 6.64. The highest BCUT2D eigenvalue weighted by atomic mass is 16.4. The molecule has 124 valence electrons. The summed E-state index contributed by atoms with van der Waals surface area (Å²) in [6, 6.07) is 9.76. The second kappa shape index (κ2) is 9.85. The van der Waals surface area contributed by atoms with E-state index in [4.69, 9.17) is 20.4 Å². The first-order valence-corrected chi connectivity index (χ1v) is 6.44. The van der Waals surface area contributed by atoms with Gasteiger partial charge in [0, 0.05) is 6.04 Å². The minimum absolute atomic E-state index is 0.0902. The fraction of sp³-hybridized carbons (Fsp3) is 0.429. The first-order chi connectivity index (χ1) is 10.2. The third-order valence-electron chi connectivity index (χ3n) is 2.88. The van der Waals surface area contributed by atoms with E-state index in [1.54, 1.807) is 0 Å². The number of carboxylic acids is 2. The number of hydrogen-bond acceptors (Lipinski definition) is 6. The van der Waals surface area contributed by atoms with Crippen molar-refractivity contribution in [1.29, 1.82) is 0 Å². The van der Waals surface area contributed by atoms with Crippen molar-refractivity contribution in [2.45, 2.75) is 31.3 Å². The van der Waals surface area contributed by atoms with Gasteiger partial charge in [-0.05, 0) is 19.5 Å². The molecule has 8 heteroatoms. The van der Waals surface area contributed by atoms with Crippen LogP contribution in [-0.4, -0.2) is 62.8 Å². The summed E-state index contributed by atoms with van der Waals surface area (Å²) in [4.78, 5) is 19.5. The molecule has 0 aliphatic carbocycles. The quantitative estimate of drug-likeness (QED) is 0.400. The summed E-state index contributed by atoms with van der Waals surface area (Å²) in [5.74, 6) is -3.54. The minimum atomic E-state index is -2.27. The van der Waals surface area contributed by atoms with Crippen LogP contribution in [0.3, 0.4) is 0 Å². The fourth-order valence-electron chi connectivity index (χ4n) is 1.37. The molecule has 0 bridgehead atoms. The van der Waals surface area contributed by atoms with E-state index in [9.17, 15) is 14.7 Å². The van der Waals surface area contributed by atoms with E-state index in [0.29, 0.717) is 0 Å². The molecule has 2 unspecified atom stereocenters. The highest BCUT2D eigenvalue weighted by molar-refractivity contribution is 5.83. The molecule has 0 aliphatic heterocycles. The largest absolute Gasteiger partial charge is 0.479 e. The Labute approximate surface area is 127 Å². The molecule has 1 aromatic rings. The van der Waals surface area contributed by atoms with Gasteiger partial charge in [-0.2, -0.15) is 0 Å². The number of carboxylic acid groups (broad SMARTS) is 2. The van der Waals surface area contributed by atoms with Crippen LogP contribution in [0.5, 0.6) is 0 Å². The van der Waals surface area contributed by atoms with Crippen LogP contribution in [0.4, 0.5) is 0 Å². The molecule has 6 N–H and O–H groups in total. The lowest BCUT2D eigenvalue weighted by Gasteiger charge is -2.17. The van der Waals surface area contributed by atoms with Crippen LogP contribution >= 0.6 is 0 Å². The highest BCUT2D eigenvalue weighted by Crippen LogP contribution is 2.15. The van der Waals surface area contributed by atoms with Crippen LogP contribution in [0.1, 0.15) is 18.6 Å². The summed E-state index contributed by atoms with van der Waals surface area (Å²) in [5.41, 5.74) is 0.958. The van der Waals surface area contributed by atoms with Crippen LogP contribution in [0.25, 0.3) is 0 Å². The lowest BCUT2D eigenvalue weighted by molar-refractivity contribution is -0.165. The van der Waals surface area contributed by atoms with E-state index >= 15 is 0 Å². The van der Waals surface area contributed by atoms with Crippen molar-refractivity contribution < 1.29 is 35.1 Å². The molecule has 4 atom stereocenters. The van der Waals surface area contributed by atoms with Gasteiger partial charge in [0.05, 0.1) is 6.10 Å². The van der Waals surface area contributed by atoms with Crippen molar-refractivity contribution in [3.05, 3.63) is 35.9 Å². The van der Waals surface area contributed by atoms with E-state index in [1.165, 1.54) is 0 Å². The molecule has 1 aromatic carbocycles. The van der Waals surface area contributed by atoms with Gasteiger partial charge in [-0.25, -0.2) is 9.59 Å². The first-order valence-electron chi connectivity index (χ1n) is 6.44. The number of likely N-dealkylation sites (N-methyl/N-ethyl adjacent to an activating group) is 1. The van der Waals surface area contributed by atoms with Crippen molar-refractivity contribution >= 4 is 11.9 Å². The maximum Gasteiger partial charge on any atom is 0.335 e. The zero-order chi connectivity index (χ0) is 17.3. The molecule has 0 amide bonds. The number of rotatable bonds is 6. The van der Waals surface area contributed by atoms with Crippen molar-refractivity contribution in [3.8, 4) is 0 Å². The molecule has 0 spiro atoms. The molecule has 1 rings (SSSR count). The number of hydrogen-bond donors (Lipinski definition) is 6. The zero-order valence-corrected chi connectivity index (χ0v) is 12.2. The monoisotopic (exact) mass is 315 g/mol. The van der Waals surface area contributed by atoms with E-state index in [-0.39, 0.29) is 6.04 Å². The molecule has 0 aromatic heterocycles. The van der Waals surface area contributed by atoms with E-state index in [2.05, 4.69) is 5.32 Å². The maximum atomic E-state index is 9.77. The standard InChI is InChI=1S/C10H15NO.C4H6O6/c1-8(11-2)10(12)9-6-4-3-5-7-9;5-1(3(7)8)2(6)4(9)10/h3-8,10-12H,1-2H3;1-2,5-6H,(H,7,8)(H,9,10)/t8-,10+;/m1./s1. The normalized spacial score (nSPS) is 15.7. The second-order valence-electron chi connectivity index (χ2n) is 4.50. The molecular formula is C14H21NO7. The lowest BCUT2D eigenvalue weighted by atomic mass is 10.0. The summed E-state index contributed by atoms with van der Waals surface area (Å²) in [6.45, 7) is 1.96. The Morgan fingerprint density at radius 1 is 0.955 bits per heavy atom. The molecule has 0 radical (unpaired) electrons. The van der Waals surface area contributed by atoms with Crippen molar-refractivity contribution in [3.63, 3.8) is 0 Å². The predicted molar refractivity (Wildman–Crippen MR) is 77.2 cm³/mol. The number of nitrogens with one attached hydrogen (secondary N) is 1. The summed E-state index contributed by atoms with van der Waals surface area (Å²) >= 11 is 0.